The van der Waals surface area contributed by atoms with Crippen molar-refractivity contribution in [2.45, 2.75) is 25.3 Å². The number of carbonyl (C=O) groups is 1. The second-order valence-electron chi connectivity index (χ2n) is 6.39. The van der Waals surface area contributed by atoms with Gasteiger partial charge in [-0.25, -0.2) is 9.07 Å². The second kappa shape index (κ2) is 8.48. The van der Waals surface area contributed by atoms with Crippen molar-refractivity contribution in [3.05, 3.63) is 70.3 Å². The number of anilines is 2. The molecule has 150 valence electrons. The highest BCUT2D eigenvalue weighted by Crippen LogP contribution is 2.28. The Morgan fingerprint density at radius 3 is 2.45 bits per heavy atom. The van der Waals surface area contributed by atoms with Crippen LogP contribution in [0, 0.1) is 5.82 Å². The van der Waals surface area contributed by atoms with E-state index in [0.717, 1.165) is 0 Å². The second-order valence-corrected chi connectivity index (χ2v) is 7.77. The summed E-state index contributed by atoms with van der Waals surface area (Å²) in [6.45, 7) is 3.41. The molecule has 1 heterocycles. The van der Waals surface area contributed by atoms with E-state index in [-0.39, 0.29) is 17.0 Å². The normalized spacial score (nSPS) is 11.9. The fraction of sp³-hybridized carbons (Fsp3) is 0.190. The molecule has 0 saturated heterocycles. The molecular formula is C21H20FN3O3S. The topological polar surface area (TPSA) is 81.1 Å². The number of benzene rings is 2. The van der Waals surface area contributed by atoms with Crippen molar-refractivity contribution in [1.29, 1.82) is 0 Å². The van der Waals surface area contributed by atoms with E-state index in [4.69, 9.17) is 0 Å². The van der Waals surface area contributed by atoms with Crippen molar-refractivity contribution in [2.24, 2.45) is 0 Å². The highest BCUT2D eigenvalue weighted by Gasteiger charge is 2.22. The number of carbonyl (C=O) groups excluding carboxylic acids is 1. The first kappa shape index (κ1) is 20.6. The molecule has 3 aromatic rings. The van der Waals surface area contributed by atoms with Gasteiger partial charge in [-0.1, -0.05) is 18.2 Å². The lowest BCUT2D eigenvalue weighted by molar-refractivity contribution is 0.101. The predicted octanol–water partition coefficient (Wildman–Crippen LogP) is 3.75. The zero-order chi connectivity index (χ0) is 21.1. The van der Waals surface area contributed by atoms with Crippen molar-refractivity contribution < 1.29 is 13.4 Å². The molecule has 0 fully saturated rings. The number of Topliss-reactive ketones (excluding diaryl/α,β-unsaturated/α-hetero) is 1. The molecule has 0 amide bonds. The van der Waals surface area contributed by atoms with Gasteiger partial charge in [-0.15, -0.1) is 0 Å². The van der Waals surface area contributed by atoms with Gasteiger partial charge in [0.25, 0.3) is 5.56 Å². The first-order valence-corrected chi connectivity index (χ1v) is 10.5. The third kappa shape index (κ3) is 4.32. The molecule has 0 aliphatic carbocycles. The first-order valence-electron chi connectivity index (χ1n) is 8.94. The van der Waals surface area contributed by atoms with Crippen LogP contribution in [0.3, 0.4) is 0 Å². The number of rotatable bonds is 6. The number of ketones is 1. The van der Waals surface area contributed by atoms with Gasteiger partial charge in [0, 0.05) is 39.7 Å². The Morgan fingerprint density at radius 1 is 1.21 bits per heavy atom. The van der Waals surface area contributed by atoms with Gasteiger partial charge < -0.3 is 5.32 Å². The van der Waals surface area contributed by atoms with E-state index in [1.165, 1.54) is 29.8 Å². The summed E-state index contributed by atoms with van der Waals surface area (Å²) in [5.41, 5.74) is 0.964. The molecule has 0 spiro atoms. The van der Waals surface area contributed by atoms with E-state index < -0.39 is 22.2 Å². The number of nitrogens with one attached hydrogen (secondary N) is 1. The van der Waals surface area contributed by atoms with Crippen LogP contribution in [0.15, 0.2) is 58.2 Å². The Balaban J connectivity index is 2.24. The SMILES string of the molecule is CCn1nc(-c2ccc(S(C)=O)cc2)c(C(C)=O)c(Nc2cccc(F)c2)c1=O. The molecule has 0 bridgehead atoms. The minimum absolute atomic E-state index is 0.0399. The minimum Gasteiger partial charge on any atom is -0.350 e. The molecule has 0 aliphatic rings. The maximum Gasteiger partial charge on any atom is 0.291 e. The summed E-state index contributed by atoms with van der Waals surface area (Å²) in [6, 6.07) is 12.5. The summed E-state index contributed by atoms with van der Waals surface area (Å²) in [7, 11) is -1.14. The van der Waals surface area contributed by atoms with Crippen molar-refractivity contribution in [1.82, 2.24) is 9.78 Å². The van der Waals surface area contributed by atoms with Crippen LogP contribution in [-0.4, -0.2) is 26.0 Å². The summed E-state index contributed by atoms with van der Waals surface area (Å²) in [4.78, 5) is 26.0. The highest BCUT2D eigenvalue weighted by atomic mass is 32.2. The van der Waals surface area contributed by atoms with Crippen LogP contribution < -0.4 is 10.9 Å². The van der Waals surface area contributed by atoms with Crippen LogP contribution >= 0.6 is 0 Å². The molecule has 1 aromatic heterocycles. The Labute approximate surface area is 169 Å². The fourth-order valence-electron chi connectivity index (χ4n) is 2.96. The van der Waals surface area contributed by atoms with Crippen LogP contribution in [0.25, 0.3) is 11.3 Å². The number of nitrogens with zero attached hydrogens (tertiary/aromatic N) is 2. The fourth-order valence-corrected chi connectivity index (χ4v) is 3.48. The molecule has 1 unspecified atom stereocenters. The Hall–Kier alpha value is -3.13. The van der Waals surface area contributed by atoms with Crippen LogP contribution in [0.2, 0.25) is 0 Å². The van der Waals surface area contributed by atoms with Gasteiger partial charge in [-0.2, -0.15) is 5.10 Å². The van der Waals surface area contributed by atoms with E-state index in [1.807, 2.05) is 0 Å². The molecule has 29 heavy (non-hydrogen) atoms. The van der Waals surface area contributed by atoms with Crippen LogP contribution in [0.5, 0.6) is 0 Å². The molecule has 6 nitrogen and oxygen atoms in total. The van der Waals surface area contributed by atoms with E-state index in [2.05, 4.69) is 10.4 Å². The largest absolute Gasteiger partial charge is 0.350 e. The van der Waals surface area contributed by atoms with Crippen molar-refractivity contribution in [3.8, 4) is 11.3 Å². The van der Waals surface area contributed by atoms with Gasteiger partial charge in [0.05, 0.1) is 5.56 Å². The molecular weight excluding hydrogens is 393 g/mol. The molecule has 1 atom stereocenters. The smallest absolute Gasteiger partial charge is 0.291 e. The maximum atomic E-state index is 13.6. The molecule has 0 radical (unpaired) electrons. The Morgan fingerprint density at radius 2 is 1.90 bits per heavy atom. The standard InChI is InChI=1S/C21H20FN3O3S/c1-4-25-21(27)20(23-16-7-5-6-15(22)12-16)18(13(2)26)19(24-25)14-8-10-17(11-9-14)29(3)28/h5-12,23H,4H2,1-3H3. The van der Waals surface area contributed by atoms with E-state index in [1.54, 1.807) is 43.5 Å². The minimum atomic E-state index is -1.14. The van der Waals surface area contributed by atoms with E-state index in [9.17, 15) is 18.2 Å². The molecule has 2 aromatic carbocycles. The summed E-state index contributed by atoms with van der Waals surface area (Å²) in [5, 5.41) is 7.26. The third-order valence-electron chi connectivity index (χ3n) is 4.36. The molecule has 8 heteroatoms. The monoisotopic (exact) mass is 413 g/mol. The summed E-state index contributed by atoms with van der Waals surface area (Å²) < 4.78 is 26.5. The van der Waals surface area contributed by atoms with Gasteiger partial charge >= 0.3 is 0 Å². The highest BCUT2D eigenvalue weighted by molar-refractivity contribution is 7.84. The summed E-state index contributed by atoms with van der Waals surface area (Å²) in [5.74, 6) is -0.817. The van der Waals surface area contributed by atoms with Gasteiger partial charge in [0.15, 0.2) is 5.78 Å². The summed E-state index contributed by atoms with van der Waals surface area (Å²) in [6.07, 6.45) is 1.58. The number of hydrogen-bond donors (Lipinski definition) is 1. The lowest BCUT2D eigenvalue weighted by Gasteiger charge is -2.16. The Kier molecular flexibility index (Phi) is 6.03. The van der Waals surface area contributed by atoms with E-state index >= 15 is 0 Å². The zero-order valence-corrected chi connectivity index (χ0v) is 17.0. The number of aryl methyl sites for hydroxylation is 1. The zero-order valence-electron chi connectivity index (χ0n) is 16.2. The molecule has 0 aliphatic heterocycles. The molecule has 1 N–H and O–H groups in total. The average molecular weight is 413 g/mol. The third-order valence-corrected chi connectivity index (χ3v) is 5.30. The number of halogens is 1. The van der Waals surface area contributed by atoms with E-state index in [0.29, 0.717) is 28.4 Å². The molecule has 3 rings (SSSR count). The van der Waals surface area contributed by atoms with Gasteiger partial charge in [0.2, 0.25) is 0 Å². The van der Waals surface area contributed by atoms with Crippen LogP contribution in [0.1, 0.15) is 24.2 Å². The van der Waals surface area contributed by atoms with Crippen LogP contribution in [0.4, 0.5) is 15.8 Å². The number of hydrogen-bond acceptors (Lipinski definition) is 5. The van der Waals surface area contributed by atoms with Gasteiger partial charge in [-0.3, -0.25) is 13.8 Å². The van der Waals surface area contributed by atoms with Gasteiger partial charge in [-0.05, 0) is 44.2 Å². The first-order chi connectivity index (χ1) is 13.8. The van der Waals surface area contributed by atoms with Crippen LogP contribution in [-0.2, 0) is 17.3 Å². The number of aromatic nitrogens is 2. The van der Waals surface area contributed by atoms with Crippen molar-refractivity contribution in [3.63, 3.8) is 0 Å². The lowest BCUT2D eigenvalue weighted by Crippen LogP contribution is -2.28. The van der Waals surface area contributed by atoms with Crippen molar-refractivity contribution in [2.75, 3.05) is 11.6 Å². The summed E-state index contributed by atoms with van der Waals surface area (Å²) >= 11 is 0. The predicted molar refractivity (Wildman–Crippen MR) is 112 cm³/mol. The molecule has 0 saturated carbocycles. The average Bonchev–Trinajstić information content (AvgIpc) is 2.69. The maximum absolute atomic E-state index is 13.6. The van der Waals surface area contributed by atoms with Gasteiger partial charge in [0.1, 0.15) is 17.2 Å². The Bertz CT molecular complexity index is 1160. The quantitative estimate of drug-likeness (QED) is 0.623. The van der Waals surface area contributed by atoms with Crippen molar-refractivity contribution >= 4 is 28.0 Å². The lowest BCUT2D eigenvalue weighted by atomic mass is 10.0.